The Balaban J connectivity index is 2.62. The van der Waals surface area contributed by atoms with Crippen LogP contribution >= 0.6 is 0 Å². The Morgan fingerprint density at radius 3 is 2.61 bits per heavy atom. The van der Waals surface area contributed by atoms with Crippen molar-refractivity contribution in [2.24, 2.45) is 11.7 Å². The lowest BCUT2D eigenvalue weighted by Gasteiger charge is -2.36. The van der Waals surface area contributed by atoms with E-state index in [0.717, 1.165) is 25.7 Å². The van der Waals surface area contributed by atoms with E-state index in [9.17, 15) is 8.42 Å². The third-order valence-corrected chi connectivity index (χ3v) is 5.60. The highest BCUT2D eigenvalue weighted by molar-refractivity contribution is 7.89. The molecule has 0 radical (unpaired) electrons. The van der Waals surface area contributed by atoms with E-state index in [0.29, 0.717) is 19.1 Å². The standard InChI is InChI=1S/C12H26N2O3S/c1-3-17-8-9-18(15,16)14(2)12-7-5-4-6-11(12)10-13/h11-12H,3-10,13H2,1-2H3. The van der Waals surface area contributed by atoms with Crippen molar-refractivity contribution in [3.63, 3.8) is 0 Å². The van der Waals surface area contributed by atoms with Gasteiger partial charge in [0.1, 0.15) is 0 Å². The molecule has 0 heterocycles. The quantitative estimate of drug-likeness (QED) is 0.699. The van der Waals surface area contributed by atoms with Gasteiger partial charge in [-0.05, 0) is 32.2 Å². The van der Waals surface area contributed by atoms with E-state index in [1.54, 1.807) is 7.05 Å². The van der Waals surface area contributed by atoms with E-state index in [-0.39, 0.29) is 18.4 Å². The fourth-order valence-electron chi connectivity index (χ4n) is 2.60. The van der Waals surface area contributed by atoms with Crippen LogP contribution in [0.1, 0.15) is 32.6 Å². The molecule has 0 saturated heterocycles. The molecule has 0 aromatic carbocycles. The van der Waals surface area contributed by atoms with E-state index in [2.05, 4.69) is 0 Å². The molecule has 1 aliphatic rings. The molecule has 0 aliphatic heterocycles. The molecule has 108 valence electrons. The van der Waals surface area contributed by atoms with E-state index >= 15 is 0 Å². The van der Waals surface area contributed by atoms with Gasteiger partial charge in [0.2, 0.25) is 10.0 Å². The van der Waals surface area contributed by atoms with Crippen LogP contribution in [0.3, 0.4) is 0 Å². The lowest BCUT2D eigenvalue weighted by atomic mass is 9.85. The van der Waals surface area contributed by atoms with Gasteiger partial charge in [-0.3, -0.25) is 0 Å². The van der Waals surface area contributed by atoms with Crippen LogP contribution in [0.15, 0.2) is 0 Å². The summed E-state index contributed by atoms with van der Waals surface area (Å²) in [7, 11) is -1.54. The van der Waals surface area contributed by atoms with E-state index < -0.39 is 10.0 Å². The van der Waals surface area contributed by atoms with Gasteiger partial charge >= 0.3 is 0 Å². The van der Waals surface area contributed by atoms with Crippen LogP contribution in [0.4, 0.5) is 0 Å². The van der Waals surface area contributed by atoms with Gasteiger partial charge in [0.15, 0.2) is 0 Å². The van der Waals surface area contributed by atoms with Crippen molar-refractivity contribution in [3.05, 3.63) is 0 Å². The summed E-state index contributed by atoms with van der Waals surface area (Å²) in [5.74, 6) is 0.358. The molecule has 1 saturated carbocycles. The fourth-order valence-corrected chi connectivity index (χ4v) is 3.91. The van der Waals surface area contributed by atoms with Crippen LogP contribution < -0.4 is 5.73 Å². The SMILES string of the molecule is CCOCCS(=O)(=O)N(C)C1CCCCC1CN. The predicted molar refractivity (Wildman–Crippen MR) is 72.8 cm³/mol. The Bertz CT molecular complexity index is 332. The summed E-state index contributed by atoms with van der Waals surface area (Å²) < 4.78 is 31.0. The Morgan fingerprint density at radius 2 is 2.00 bits per heavy atom. The summed E-state index contributed by atoms with van der Waals surface area (Å²) in [6.45, 7) is 3.25. The number of nitrogens with zero attached hydrogens (tertiary/aromatic N) is 1. The van der Waals surface area contributed by atoms with Crippen LogP contribution in [0, 0.1) is 5.92 Å². The van der Waals surface area contributed by atoms with Crippen LogP contribution in [-0.4, -0.2) is 51.3 Å². The van der Waals surface area contributed by atoms with Crippen molar-refractivity contribution in [1.29, 1.82) is 0 Å². The van der Waals surface area contributed by atoms with Crippen LogP contribution in [0.5, 0.6) is 0 Å². The van der Waals surface area contributed by atoms with E-state index in [1.165, 1.54) is 4.31 Å². The number of rotatable bonds is 7. The van der Waals surface area contributed by atoms with Crippen molar-refractivity contribution in [2.75, 3.05) is 32.6 Å². The second-order valence-corrected chi connectivity index (χ2v) is 7.02. The average molecular weight is 278 g/mol. The van der Waals surface area contributed by atoms with Gasteiger partial charge in [-0.25, -0.2) is 12.7 Å². The van der Waals surface area contributed by atoms with Crippen LogP contribution in [0.25, 0.3) is 0 Å². The third kappa shape index (κ3) is 4.19. The highest BCUT2D eigenvalue weighted by Crippen LogP contribution is 2.28. The third-order valence-electron chi connectivity index (χ3n) is 3.77. The van der Waals surface area contributed by atoms with Crippen LogP contribution in [0.2, 0.25) is 0 Å². The number of sulfonamides is 1. The molecule has 6 heteroatoms. The number of ether oxygens (including phenoxy) is 1. The van der Waals surface area contributed by atoms with Crippen molar-refractivity contribution >= 4 is 10.0 Å². The maximum absolute atomic E-state index is 12.2. The molecule has 0 aromatic rings. The Kier molecular flexibility index (Phi) is 6.55. The zero-order valence-corrected chi connectivity index (χ0v) is 12.3. The minimum Gasteiger partial charge on any atom is -0.381 e. The lowest BCUT2D eigenvalue weighted by Crippen LogP contribution is -2.47. The molecule has 2 N–H and O–H groups in total. The van der Waals surface area contributed by atoms with E-state index in [4.69, 9.17) is 10.5 Å². The highest BCUT2D eigenvalue weighted by Gasteiger charge is 2.33. The van der Waals surface area contributed by atoms with Gasteiger partial charge in [0, 0.05) is 19.7 Å². The Morgan fingerprint density at radius 1 is 1.33 bits per heavy atom. The number of hydrogen-bond acceptors (Lipinski definition) is 4. The molecule has 18 heavy (non-hydrogen) atoms. The largest absolute Gasteiger partial charge is 0.381 e. The summed E-state index contributed by atoms with van der Waals surface area (Å²) in [6.07, 6.45) is 4.20. The topological polar surface area (TPSA) is 72.6 Å². The molecule has 1 fully saturated rings. The zero-order valence-electron chi connectivity index (χ0n) is 11.5. The maximum Gasteiger partial charge on any atom is 0.216 e. The molecule has 2 atom stereocenters. The molecule has 0 bridgehead atoms. The molecular formula is C12H26N2O3S. The molecule has 5 nitrogen and oxygen atoms in total. The maximum atomic E-state index is 12.2. The first-order chi connectivity index (χ1) is 8.53. The Hall–Kier alpha value is -0.170. The zero-order chi connectivity index (χ0) is 13.6. The van der Waals surface area contributed by atoms with Crippen molar-refractivity contribution < 1.29 is 13.2 Å². The Labute approximate surface area is 111 Å². The van der Waals surface area contributed by atoms with Gasteiger partial charge in [-0.1, -0.05) is 12.8 Å². The second-order valence-electron chi connectivity index (χ2n) is 4.88. The first-order valence-corrected chi connectivity index (χ1v) is 8.37. The van der Waals surface area contributed by atoms with Gasteiger partial charge < -0.3 is 10.5 Å². The molecule has 1 aliphatic carbocycles. The average Bonchev–Trinajstić information content (AvgIpc) is 2.38. The molecule has 2 unspecified atom stereocenters. The molecule has 0 spiro atoms. The smallest absolute Gasteiger partial charge is 0.216 e. The van der Waals surface area contributed by atoms with Gasteiger partial charge in [0.25, 0.3) is 0 Å². The fraction of sp³-hybridized carbons (Fsp3) is 1.00. The highest BCUT2D eigenvalue weighted by atomic mass is 32.2. The summed E-state index contributed by atoms with van der Waals surface area (Å²) in [5, 5.41) is 0. The van der Waals surface area contributed by atoms with Gasteiger partial charge in [0.05, 0.1) is 12.4 Å². The second kappa shape index (κ2) is 7.43. The van der Waals surface area contributed by atoms with Crippen molar-refractivity contribution in [2.45, 2.75) is 38.6 Å². The monoisotopic (exact) mass is 278 g/mol. The number of hydrogen-bond donors (Lipinski definition) is 1. The summed E-state index contributed by atoms with van der Waals surface area (Å²) >= 11 is 0. The normalized spacial score (nSPS) is 25.6. The molecule has 1 rings (SSSR count). The number of nitrogens with two attached hydrogens (primary N) is 1. The molecular weight excluding hydrogens is 252 g/mol. The van der Waals surface area contributed by atoms with Crippen LogP contribution in [-0.2, 0) is 14.8 Å². The summed E-state index contributed by atoms with van der Waals surface area (Å²) in [6, 6.07) is 0.0652. The first kappa shape index (κ1) is 15.9. The van der Waals surface area contributed by atoms with Crippen molar-refractivity contribution in [1.82, 2.24) is 4.31 Å². The van der Waals surface area contributed by atoms with Gasteiger partial charge in [-0.2, -0.15) is 0 Å². The predicted octanol–water partition coefficient (Wildman–Crippen LogP) is 0.802. The van der Waals surface area contributed by atoms with Gasteiger partial charge in [-0.15, -0.1) is 0 Å². The molecule has 0 amide bonds. The first-order valence-electron chi connectivity index (χ1n) is 6.76. The minimum atomic E-state index is -3.22. The summed E-state index contributed by atoms with van der Waals surface area (Å²) in [4.78, 5) is 0. The molecule has 0 aromatic heterocycles. The lowest BCUT2D eigenvalue weighted by molar-refractivity contribution is 0.160. The minimum absolute atomic E-state index is 0.0606. The van der Waals surface area contributed by atoms with Crippen molar-refractivity contribution in [3.8, 4) is 0 Å². The van der Waals surface area contributed by atoms with E-state index in [1.807, 2.05) is 6.92 Å². The summed E-state index contributed by atoms with van der Waals surface area (Å²) in [5.41, 5.74) is 5.75.